The summed E-state index contributed by atoms with van der Waals surface area (Å²) >= 11 is 3.35. The SMILES string of the molecule is C=C(C(C)=O)C(O)c1ccc(C)cc1Br. The Kier molecular flexibility index (Phi) is 3.83. The third-order valence-corrected chi connectivity index (χ3v) is 2.92. The Morgan fingerprint density at radius 3 is 2.60 bits per heavy atom. The number of hydrogen-bond acceptors (Lipinski definition) is 2. The third kappa shape index (κ3) is 2.76. The maximum absolute atomic E-state index is 11.1. The maximum atomic E-state index is 11.1. The van der Waals surface area contributed by atoms with E-state index in [2.05, 4.69) is 22.5 Å². The van der Waals surface area contributed by atoms with Gasteiger partial charge in [0.1, 0.15) is 6.10 Å². The molecular weight excluding hydrogens is 256 g/mol. The number of rotatable bonds is 3. The van der Waals surface area contributed by atoms with E-state index in [4.69, 9.17) is 0 Å². The van der Waals surface area contributed by atoms with E-state index in [1.807, 2.05) is 19.1 Å². The molecule has 3 heteroatoms. The van der Waals surface area contributed by atoms with Gasteiger partial charge in [-0.25, -0.2) is 0 Å². The van der Waals surface area contributed by atoms with Crippen molar-refractivity contribution in [1.29, 1.82) is 0 Å². The van der Waals surface area contributed by atoms with Crippen LogP contribution in [0.15, 0.2) is 34.8 Å². The van der Waals surface area contributed by atoms with Gasteiger partial charge in [0.05, 0.1) is 0 Å². The molecule has 1 N–H and O–H groups in total. The summed E-state index contributed by atoms with van der Waals surface area (Å²) in [6.07, 6.45) is -0.933. The van der Waals surface area contributed by atoms with Crippen LogP contribution in [0.4, 0.5) is 0 Å². The Morgan fingerprint density at radius 2 is 2.13 bits per heavy atom. The normalized spacial score (nSPS) is 12.3. The van der Waals surface area contributed by atoms with Gasteiger partial charge < -0.3 is 5.11 Å². The highest BCUT2D eigenvalue weighted by molar-refractivity contribution is 9.10. The van der Waals surface area contributed by atoms with Crippen molar-refractivity contribution < 1.29 is 9.90 Å². The van der Waals surface area contributed by atoms with Crippen molar-refractivity contribution in [3.63, 3.8) is 0 Å². The molecule has 1 atom stereocenters. The van der Waals surface area contributed by atoms with Gasteiger partial charge in [0.15, 0.2) is 5.78 Å². The predicted molar refractivity (Wildman–Crippen MR) is 63.7 cm³/mol. The average molecular weight is 269 g/mol. The first-order valence-corrected chi connectivity index (χ1v) is 5.36. The number of aryl methyl sites for hydroxylation is 1. The predicted octanol–water partition coefficient (Wildman–Crippen LogP) is 2.94. The summed E-state index contributed by atoms with van der Waals surface area (Å²) in [5.74, 6) is -0.199. The molecule has 0 radical (unpaired) electrons. The van der Waals surface area contributed by atoms with E-state index in [1.54, 1.807) is 6.07 Å². The number of halogens is 1. The molecule has 0 spiro atoms. The van der Waals surface area contributed by atoms with E-state index in [9.17, 15) is 9.90 Å². The van der Waals surface area contributed by atoms with Crippen LogP contribution in [-0.4, -0.2) is 10.9 Å². The summed E-state index contributed by atoms with van der Waals surface area (Å²) in [5, 5.41) is 9.88. The number of carbonyl (C=O) groups is 1. The van der Waals surface area contributed by atoms with Crippen LogP contribution in [0, 0.1) is 6.92 Å². The molecule has 0 aliphatic carbocycles. The number of benzene rings is 1. The fourth-order valence-corrected chi connectivity index (χ4v) is 1.94. The van der Waals surface area contributed by atoms with Gasteiger partial charge in [0, 0.05) is 10.0 Å². The van der Waals surface area contributed by atoms with Crippen molar-refractivity contribution >= 4 is 21.7 Å². The van der Waals surface area contributed by atoms with Crippen molar-refractivity contribution in [1.82, 2.24) is 0 Å². The Balaban J connectivity index is 3.06. The van der Waals surface area contributed by atoms with Crippen LogP contribution < -0.4 is 0 Å². The fraction of sp³-hybridized carbons (Fsp3) is 0.250. The summed E-state index contributed by atoms with van der Waals surface area (Å²) in [7, 11) is 0. The largest absolute Gasteiger partial charge is 0.384 e. The van der Waals surface area contributed by atoms with Crippen molar-refractivity contribution in [3.05, 3.63) is 46.0 Å². The van der Waals surface area contributed by atoms with E-state index < -0.39 is 6.10 Å². The third-order valence-electron chi connectivity index (χ3n) is 2.23. The summed E-state index contributed by atoms with van der Waals surface area (Å²) in [5.41, 5.74) is 1.96. The zero-order valence-corrected chi connectivity index (χ0v) is 10.3. The Hall–Kier alpha value is -0.930. The Labute approximate surface area is 97.8 Å². The van der Waals surface area contributed by atoms with Crippen LogP contribution in [0.25, 0.3) is 0 Å². The minimum atomic E-state index is -0.933. The van der Waals surface area contributed by atoms with E-state index in [-0.39, 0.29) is 11.4 Å². The van der Waals surface area contributed by atoms with Gasteiger partial charge in [-0.15, -0.1) is 0 Å². The van der Waals surface area contributed by atoms with E-state index in [0.717, 1.165) is 10.0 Å². The van der Waals surface area contributed by atoms with Crippen molar-refractivity contribution in [2.45, 2.75) is 20.0 Å². The number of aliphatic hydroxyl groups is 1. The second-order valence-corrected chi connectivity index (χ2v) is 4.36. The van der Waals surface area contributed by atoms with Crippen LogP contribution in [0.5, 0.6) is 0 Å². The molecule has 0 saturated heterocycles. The molecule has 0 aliphatic rings. The monoisotopic (exact) mass is 268 g/mol. The fourth-order valence-electron chi connectivity index (χ4n) is 1.23. The smallest absolute Gasteiger partial charge is 0.158 e. The molecule has 0 heterocycles. The molecule has 0 aliphatic heterocycles. The lowest BCUT2D eigenvalue weighted by Crippen LogP contribution is -2.08. The Morgan fingerprint density at radius 1 is 1.53 bits per heavy atom. The highest BCUT2D eigenvalue weighted by atomic mass is 79.9. The van der Waals surface area contributed by atoms with E-state index in [1.165, 1.54) is 6.92 Å². The van der Waals surface area contributed by atoms with Crippen LogP contribution in [0.3, 0.4) is 0 Å². The average Bonchev–Trinajstić information content (AvgIpc) is 2.15. The Bertz CT molecular complexity index is 410. The van der Waals surface area contributed by atoms with E-state index in [0.29, 0.717) is 5.56 Å². The highest BCUT2D eigenvalue weighted by Crippen LogP contribution is 2.28. The van der Waals surface area contributed by atoms with Gasteiger partial charge in [-0.05, 0) is 31.0 Å². The van der Waals surface area contributed by atoms with Crippen LogP contribution in [0.1, 0.15) is 24.2 Å². The van der Waals surface area contributed by atoms with E-state index >= 15 is 0 Å². The number of aliphatic hydroxyl groups excluding tert-OH is 1. The van der Waals surface area contributed by atoms with Crippen LogP contribution in [-0.2, 0) is 4.79 Å². The molecule has 0 bridgehead atoms. The van der Waals surface area contributed by atoms with Gasteiger partial charge in [-0.2, -0.15) is 0 Å². The number of Topliss-reactive ketones (excluding diaryl/α,β-unsaturated/α-hetero) is 1. The summed E-state index contributed by atoms with van der Waals surface area (Å²) in [6, 6.07) is 5.57. The number of hydrogen-bond donors (Lipinski definition) is 1. The summed E-state index contributed by atoms with van der Waals surface area (Å²) in [6.45, 7) is 6.93. The van der Waals surface area contributed by atoms with Gasteiger partial charge in [-0.1, -0.05) is 34.6 Å². The first-order chi connectivity index (χ1) is 6.93. The van der Waals surface area contributed by atoms with Gasteiger partial charge >= 0.3 is 0 Å². The van der Waals surface area contributed by atoms with Crippen molar-refractivity contribution in [2.24, 2.45) is 0 Å². The van der Waals surface area contributed by atoms with Crippen molar-refractivity contribution in [2.75, 3.05) is 0 Å². The minimum Gasteiger partial charge on any atom is -0.384 e. The molecule has 15 heavy (non-hydrogen) atoms. The molecular formula is C12H13BrO2. The molecule has 1 rings (SSSR count). The van der Waals surface area contributed by atoms with Gasteiger partial charge in [-0.3, -0.25) is 4.79 Å². The lowest BCUT2D eigenvalue weighted by atomic mass is 9.99. The lowest BCUT2D eigenvalue weighted by molar-refractivity contribution is -0.114. The first-order valence-electron chi connectivity index (χ1n) is 4.57. The van der Waals surface area contributed by atoms with Crippen LogP contribution in [0.2, 0.25) is 0 Å². The second kappa shape index (κ2) is 4.73. The van der Waals surface area contributed by atoms with Crippen molar-refractivity contribution in [3.8, 4) is 0 Å². The first kappa shape index (κ1) is 12.1. The molecule has 1 unspecified atom stereocenters. The van der Waals surface area contributed by atoms with Gasteiger partial charge in [0.2, 0.25) is 0 Å². The maximum Gasteiger partial charge on any atom is 0.158 e. The zero-order valence-electron chi connectivity index (χ0n) is 8.75. The number of ketones is 1. The molecule has 0 amide bonds. The summed E-state index contributed by atoms with van der Waals surface area (Å²) < 4.78 is 0.789. The summed E-state index contributed by atoms with van der Waals surface area (Å²) in [4.78, 5) is 11.1. The molecule has 2 nitrogen and oxygen atoms in total. The molecule has 0 fully saturated rings. The van der Waals surface area contributed by atoms with Crippen LogP contribution >= 0.6 is 15.9 Å². The number of carbonyl (C=O) groups excluding carboxylic acids is 1. The molecule has 80 valence electrons. The molecule has 1 aromatic rings. The lowest BCUT2D eigenvalue weighted by Gasteiger charge is -2.13. The molecule has 1 aromatic carbocycles. The second-order valence-electron chi connectivity index (χ2n) is 3.51. The quantitative estimate of drug-likeness (QED) is 0.856. The molecule has 0 aromatic heterocycles. The molecule has 0 saturated carbocycles. The minimum absolute atomic E-state index is 0.199. The highest BCUT2D eigenvalue weighted by Gasteiger charge is 2.17. The zero-order chi connectivity index (χ0) is 11.6. The standard InChI is InChI=1S/C12H13BrO2/c1-7-4-5-10(11(13)6-7)12(15)8(2)9(3)14/h4-6,12,15H,2H2,1,3H3. The van der Waals surface area contributed by atoms with Gasteiger partial charge in [0.25, 0.3) is 0 Å². The topological polar surface area (TPSA) is 37.3 Å².